The van der Waals surface area contributed by atoms with Gasteiger partial charge in [-0.3, -0.25) is 0 Å². The molecule has 0 aromatic carbocycles. The minimum absolute atomic E-state index is 0.290. The first-order chi connectivity index (χ1) is 10.5. The van der Waals surface area contributed by atoms with Gasteiger partial charge in [-0.25, -0.2) is 13.1 Å². The summed E-state index contributed by atoms with van der Waals surface area (Å²) in [6.45, 7) is 3.91. The van der Waals surface area contributed by atoms with Crippen LogP contribution in [0.15, 0.2) is 39.1 Å². The molecule has 116 valence electrons. The SMILES string of the molecule is Cc1cc(-c2cc(S(=O)(=O)NCc3cccs3)c(C)s2)on1. The molecule has 0 fully saturated rings. The highest BCUT2D eigenvalue weighted by Gasteiger charge is 2.21. The third-order valence-electron chi connectivity index (χ3n) is 3.05. The zero-order valence-corrected chi connectivity index (χ0v) is 14.4. The van der Waals surface area contributed by atoms with Crippen molar-refractivity contribution < 1.29 is 12.9 Å². The number of nitrogens with one attached hydrogen (secondary N) is 1. The fourth-order valence-corrected chi connectivity index (χ4v) is 5.27. The van der Waals surface area contributed by atoms with Gasteiger partial charge in [0.05, 0.1) is 15.5 Å². The maximum absolute atomic E-state index is 12.5. The highest BCUT2D eigenvalue weighted by Crippen LogP contribution is 2.33. The molecule has 8 heteroatoms. The molecule has 0 amide bonds. The molecule has 0 aliphatic carbocycles. The third-order valence-corrected chi connectivity index (χ3v) is 6.65. The van der Waals surface area contributed by atoms with Crippen LogP contribution in [0.4, 0.5) is 0 Å². The normalized spacial score (nSPS) is 11.9. The van der Waals surface area contributed by atoms with Gasteiger partial charge in [0.2, 0.25) is 10.0 Å². The van der Waals surface area contributed by atoms with Gasteiger partial charge in [0.15, 0.2) is 5.76 Å². The van der Waals surface area contributed by atoms with Crippen LogP contribution in [0.25, 0.3) is 10.6 Å². The van der Waals surface area contributed by atoms with E-state index in [-0.39, 0.29) is 4.90 Å². The van der Waals surface area contributed by atoms with Gasteiger partial charge in [0.1, 0.15) is 0 Å². The minimum atomic E-state index is -3.54. The van der Waals surface area contributed by atoms with Crippen molar-refractivity contribution in [2.75, 3.05) is 0 Å². The molecule has 5 nitrogen and oxygen atoms in total. The Hall–Kier alpha value is -1.48. The van der Waals surface area contributed by atoms with E-state index >= 15 is 0 Å². The van der Waals surface area contributed by atoms with Crippen molar-refractivity contribution in [3.05, 3.63) is 45.1 Å². The van der Waals surface area contributed by atoms with Crippen molar-refractivity contribution in [3.8, 4) is 10.6 Å². The fourth-order valence-electron chi connectivity index (χ4n) is 1.99. The first-order valence-corrected chi connectivity index (χ1v) is 9.70. The van der Waals surface area contributed by atoms with Crippen LogP contribution in [0.3, 0.4) is 0 Å². The lowest BCUT2D eigenvalue weighted by Gasteiger charge is -2.04. The molecular weight excluding hydrogens is 340 g/mol. The topological polar surface area (TPSA) is 72.2 Å². The molecule has 0 aliphatic heterocycles. The van der Waals surface area contributed by atoms with Crippen molar-refractivity contribution in [1.29, 1.82) is 0 Å². The predicted molar refractivity (Wildman–Crippen MR) is 87.6 cm³/mol. The van der Waals surface area contributed by atoms with E-state index in [4.69, 9.17) is 4.52 Å². The summed E-state index contributed by atoms with van der Waals surface area (Å²) in [6, 6.07) is 7.22. The smallest absolute Gasteiger partial charge is 0.242 e. The Kier molecular flexibility index (Phi) is 4.18. The van der Waals surface area contributed by atoms with Gasteiger partial charge in [-0.1, -0.05) is 11.2 Å². The van der Waals surface area contributed by atoms with Gasteiger partial charge in [-0.05, 0) is 31.4 Å². The summed E-state index contributed by atoms with van der Waals surface area (Å²) in [5.41, 5.74) is 0.765. The number of aryl methyl sites for hydroxylation is 2. The third kappa shape index (κ3) is 3.14. The fraction of sp³-hybridized carbons (Fsp3) is 0.214. The summed E-state index contributed by atoms with van der Waals surface area (Å²) in [5.74, 6) is 0.588. The van der Waals surface area contributed by atoms with E-state index in [2.05, 4.69) is 9.88 Å². The molecule has 0 unspecified atom stereocenters. The number of aromatic nitrogens is 1. The maximum atomic E-state index is 12.5. The maximum Gasteiger partial charge on any atom is 0.242 e. The Morgan fingerprint density at radius 3 is 2.77 bits per heavy atom. The molecule has 0 aliphatic rings. The van der Waals surface area contributed by atoms with Crippen molar-refractivity contribution >= 4 is 32.7 Å². The lowest BCUT2D eigenvalue weighted by atomic mass is 10.3. The van der Waals surface area contributed by atoms with Crippen molar-refractivity contribution in [1.82, 2.24) is 9.88 Å². The Morgan fingerprint density at radius 1 is 1.32 bits per heavy atom. The van der Waals surface area contributed by atoms with Crippen LogP contribution in [0, 0.1) is 13.8 Å². The average molecular weight is 354 g/mol. The van der Waals surface area contributed by atoms with Gasteiger partial charge in [-0.2, -0.15) is 0 Å². The second-order valence-corrected chi connectivity index (χ2v) is 8.79. The largest absolute Gasteiger partial charge is 0.355 e. The number of rotatable bonds is 5. The van der Waals surface area contributed by atoms with Crippen LogP contribution in [-0.4, -0.2) is 13.6 Å². The number of sulfonamides is 1. The average Bonchev–Trinajstić information content (AvgIpc) is 3.17. The Bertz CT molecular complexity index is 876. The van der Waals surface area contributed by atoms with Crippen LogP contribution < -0.4 is 4.72 Å². The Morgan fingerprint density at radius 2 is 2.14 bits per heavy atom. The lowest BCUT2D eigenvalue weighted by Crippen LogP contribution is -2.22. The second kappa shape index (κ2) is 5.96. The van der Waals surface area contributed by atoms with Crippen LogP contribution in [0.2, 0.25) is 0 Å². The molecule has 3 heterocycles. The summed E-state index contributed by atoms with van der Waals surface area (Å²) in [5, 5.41) is 5.75. The zero-order valence-electron chi connectivity index (χ0n) is 12.0. The summed E-state index contributed by atoms with van der Waals surface area (Å²) in [7, 11) is -3.54. The summed E-state index contributed by atoms with van der Waals surface area (Å²) >= 11 is 2.90. The first-order valence-electron chi connectivity index (χ1n) is 6.52. The van der Waals surface area contributed by atoms with Crippen LogP contribution in [0.5, 0.6) is 0 Å². The zero-order chi connectivity index (χ0) is 15.7. The highest BCUT2D eigenvalue weighted by atomic mass is 32.2. The van der Waals surface area contributed by atoms with E-state index in [9.17, 15) is 8.42 Å². The van der Waals surface area contributed by atoms with Gasteiger partial charge in [-0.15, -0.1) is 22.7 Å². The van der Waals surface area contributed by atoms with E-state index in [1.807, 2.05) is 24.4 Å². The van der Waals surface area contributed by atoms with E-state index in [1.54, 1.807) is 19.1 Å². The molecule has 3 aromatic rings. The first kappa shape index (κ1) is 15.4. The molecule has 3 rings (SSSR count). The van der Waals surface area contributed by atoms with Crippen molar-refractivity contribution in [2.24, 2.45) is 0 Å². The van der Waals surface area contributed by atoms with Gasteiger partial charge >= 0.3 is 0 Å². The van der Waals surface area contributed by atoms with Gasteiger partial charge < -0.3 is 4.52 Å². The van der Waals surface area contributed by atoms with E-state index in [1.165, 1.54) is 22.7 Å². The van der Waals surface area contributed by atoms with Crippen molar-refractivity contribution in [3.63, 3.8) is 0 Å². The van der Waals surface area contributed by atoms with E-state index in [0.717, 1.165) is 20.3 Å². The Labute approximate surface area is 136 Å². The van der Waals surface area contributed by atoms with Crippen LogP contribution in [-0.2, 0) is 16.6 Å². The van der Waals surface area contributed by atoms with E-state index < -0.39 is 10.0 Å². The molecule has 0 atom stereocenters. The minimum Gasteiger partial charge on any atom is -0.355 e. The van der Waals surface area contributed by atoms with Gasteiger partial charge in [0.25, 0.3) is 0 Å². The summed E-state index contributed by atoms with van der Waals surface area (Å²) in [6.07, 6.45) is 0. The summed E-state index contributed by atoms with van der Waals surface area (Å²) in [4.78, 5) is 2.75. The molecule has 0 saturated heterocycles. The molecule has 0 bridgehead atoms. The second-order valence-electron chi connectivity index (χ2n) is 4.77. The van der Waals surface area contributed by atoms with Crippen molar-refractivity contribution in [2.45, 2.75) is 25.3 Å². The standard InChI is InChI=1S/C14H14N2O3S3/c1-9-6-12(19-16-9)13-7-14(10(2)21-13)22(17,18)15-8-11-4-3-5-20-11/h3-7,15H,8H2,1-2H3. The predicted octanol–water partition coefficient (Wildman–Crippen LogP) is 3.56. The molecular formula is C14H14N2O3S3. The quantitative estimate of drug-likeness (QED) is 0.760. The van der Waals surface area contributed by atoms with Gasteiger partial charge in [0, 0.05) is 22.4 Å². The number of hydrogen-bond acceptors (Lipinski definition) is 6. The van der Waals surface area contributed by atoms with Crippen LogP contribution in [0.1, 0.15) is 15.4 Å². The molecule has 0 radical (unpaired) electrons. The highest BCUT2D eigenvalue weighted by molar-refractivity contribution is 7.89. The molecule has 0 saturated carbocycles. The molecule has 0 spiro atoms. The number of thiophene rings is 2. The molecule has 22 heavy (non-hydrogen) atoms. The Balaban J connectivity index is 1.86. The van der Waals surface area contributed by atoms with E-state index in [0.29, 0.717) is 12.3 Å². The molecule has 1 N–H and O–H groups in total. The lowest BCUT2D eigenvalue weighted by molar-refractivity contribution is 0.428. The molecule has 3 aromatic heterocycles. The monoisotopic (exact) mass is 354 g/mol. The number of nitrogens with zero attached hydrogens (tertiary/aromatic N) is 1. The van der Waals surface area contributed by atoms with Crippen LogP contribution >= 0.6 is 22.7 Å². The number of hydrogen-bond donors (Lipinski definition) is 1. The summed E-state index contributed by atoms with van der Waals surface area (Å²) < 4.78 is 32.7.